The SMILES string of the molecule is COc1ccc(-c2nc(C)c(C(C)NC(=O)C3CCNC3)s2)cc1.Cl. The van der Waals surface area contributed by atoms with Crippen LogP contribution in [-0.4, -0.2) is 31.1 Å². The zero-order valence-electron chi connectivity index (χ0n) is 14.7. The highest BCUT2D eigenvalue weighted by Gasteiger charge is 2.25. The van der Waals surface area contributed by atoms with Crippen molar-refractivity contribution in [2.75, 3.05) is 20.2 Å². The van der Waals surface area contributed by atoms with E-state index < -0.39 is 0 Å². The van der Waals surface area contributed by atoms with Crippen molar-refractivity contribution in [3.8, 4) is 16.3 Å². The molecule has 1 aliphatic rings. The maximum Gasteiger partial charge on any atom is 0.224 e. The van der Waals surface area contributed by atoms with E-state index in [9.17, 15) is 4.79 Å². The Morgan fingerprint density at radius 3 is 2.72 bits per heavy atom. The molecule has 2 unspecified atom stereocenters. The maximum absolute atomic E-state index is 12.3. The molecule has 0 bridgehead atoms. The average Bonchev–Trinajstić information content (AvgIpc) is 3.24. The standard InChI is InChI=1S/C18H23N3O2S.ClH/c1-11(20-17(22)14-8-9-19-10-14)16-12(2)21-18(24-16)13-4-6-15(23-3)7-5-13;/h4-7,11,14,19H,8-10H2,1-3H3,(H,20,22);1H. The minimum absolute atomic E-state index is 0. The molecule has 25 heavy (non-hydrogen) atoms. The monoisotopic (exact) mass is 381 g/mol. The number of nitrogens with zero attached hydrogens (tertiary/aromatic N) is 1. The smallest absolute Gasteiger partial charge is 0.224 e. The summed E-state index contributed by atoms with van der Waals surface area (Å²) >= 11 is 1.64. The molecule has 3 rings (SSSR count). The Morgan fingerprint density at radius 1 is 1.40 bits per heavy atom. The first-order valence-corrected chi connectivity index (χ1v) is 9.03. The molecule has 1 aliphatic heterocycles. The van der Waals surface area contributed by atoms with Gasteiger partial charge in [-0.2, -0.15) is 0 Å². The number of hydrogen-bond acceptors (Lipinski definition) is 5. The van der Waals surface area contributed by atoms with Gasteiger partial charge in [-0.05, 0) is 51.1 Å². The summed E-state index contributed by atoms with van der Waals surface area (Å²) < 4.78 is 5.20. The van der Waals surface area contributed by atoms with Crippen molar-refractivity contribution >= 4 is 29.7 Å². The highest BCUT2D eigenvalue weighted by atomic mass is 35.5. The molecule has 1 amide bonds. The van der Waals surface area contributed by atoms with Crippen LogP contribution < -0.4 is 15.4 Å². The molecule has 7 heteroatoms. The van der Waals surface area contributed by atoms with E-state index in [0.717, 1.165) is 46.4 Å². The molecule has 0 spiro atoms. The average molecular weight is 382 g/mol. The van der Waals surface area contributed by atoms with Gasteiger partial charge in [0.25, 0.3) is 0 Å². The van der Waals surface area contributed by atoms with Crippen molar-refractivity contribution in [1.29, 1.82) is 0 Å². The summed E-state index contributed by atoms with van der Waals surface area (Å²) in [6.07, 6.45) is 0.914. The number of halogens is 1. The molecule has 1 aromatic carbocycles. The van der Waals surface area contributed by atoms with Crippen molar-refractivity contribution in [3.63, 3.8) is 0 Å². The van der Waals surface area contributed by atoms with Gasteiger partial charge < -0.3 is 15.4 Å². The number of aromatic nitrogens is 1. The summed E-state index contributed by atoms with van der Waals surface area (Å²) in [7, 11) is 1.66. The summed E-state index contributed by atoms with van der Waals surface area (Å²) in [5.41, 5.74) is 2.04. The fourth-order valence-corrected chi connectivity index (χ4v) is 4.02. The van der Waals surface area contributed by atoms with Crippen molar-refractivity contribution < 1.29 is 9.53 Å². The fraction of sp³-hybridized carbons (Fsp3) is 0.444. The van der Waals surface area contributed by atoms with Gasteiger partial charge in [-0.3, -0.25) is 4.79 Å². The van der Waals surface area contributed by atoms with E-state index in [1.165, 1.54) is 0 Å². The minimum atomic E-state index is -0.0254. The third kappa shape index (κ3) is 4.51. The van der Waals surface area contributed by atoms with Gasteiger partial charge >= 0.3 is 0 Å². The third-order valence-electron chi connectivity index (χ3n) is 4.35. The van der Waals surface area contributed by atoms with Crippen LogP contribution in [0.15, 0.2) is 24.3 Å². The number of benzene rings is 1. The second-order valence-corrected chi connectivity index (χ2v) is 7.15. The Kier molecular flexibility index (Phi) is 6.81. The normalized spacial score (nSPS) is 17.6. The molecule has 2 aromatic rings. The van der Waals surface area contributed by atoms with Crippen LogP contribution in [0.2, 0.25) is 0 Å². The number of rotatable bonds is 5. The Morgan fingerprint density at radius 2 is 2.12 bits per heavy atom. The first kappa shape index (κ1) is 19.7. The van der Waals surface area contributed by atoms with Crippen LogP contribution in [0.3, 0.4) is 0 Å². The fourth-order valence-electron chi connectivity index (χ4n) is 2.94. The van der Waals surface area contributed by atoms with E-state index in [0.29, 0.717) is 0 Å². The van der Waals surface area contributed by atoms with Crippen molar-refractivity contribution in [2.24, 2.45) is 5.92 Å². The molecule has 1 aromatic heterocycles. The summed E-state index contributed by atoms with van der Waals surface area (Å²) in [4.78, 5) is 18.1. The molecular weight excluding hydrogens is 358 g/mol. The van der Waals surface area contributed by atoms with E-state index >= 15 is 0 Å². The van der Waals surface area contributed by atoms with Gasteiger partial charge in [0.1, 0.15) is 10.8 Å². The van der Waals surface area contributed by atoms with E-state index in [4.69, 9.17) is 4.74 Å². The van der Waals surface area contributed by atoms with Crippen LogP contribution in [0, 0.1) is 12.8 Å². The molecule has 0 radical (unpaired) electrons. The van der Waals surface area contributed by atoms with Gasteiger partial charge in [0.05, 0.1) is 29.6 Å². The van der Waals surface area contributed by atoms with Gasteiger partial charge in [0.2, 0.25) is 5.91 Å². The van der Waals surface area contributed by atoms with E-state index in [1.807, 2.05) is 38.1 Å². The number of nitrogens with one attached hydrogen (secondary N) is 2. The van der Waals surface area contributed by atoms with Crippen LogP contribution in [0.5, 0.6) is 5.75 Å². The number of hydrogen-bond donors (Lipinski definition) is 2. The lowest BCUT2D eigenvalue weighted by molar-refractivity contribution is -0.125. The largest absolute Gasteiger partial charge is 0.497 e. The van der Waals surface area contributed by atoms with Crippen LogP contribution >= 0.6 is 23.7 Å². The maximum atomic E-state index is 12.3. The molecule has 2 N–H and O–H groups in total. The topological polar surface area (TPSA) is 63.2 Å². The number of amides is 1. The Hall–Kier alpha value is -1.63. The second kappa shape index (κ2) is 8.65. The zero-order valence-corrected chi connectivity index (χ0v) is 16.3. The summed E-state index contributed by atoms with van der Waals surface area (Å²) in [5, 5.41) is 7.33. The lowest BCUT2D eigenvalue weighted by atomic mass is 10.1. The first-order valence-electron chi connectivity index (χ1n) is 8.21. The number of aryl methyl sites for hydroxylation is 1. The molecule has 1 fully saturated rings. The van der Waals surface area contributed by atoms with Crippen molar-refractivity contribution in [1.82, 2.24) is 15.6 Å². The van der Waals surface area contributed by atoms with Gasteiger partial charge in [-0.1, -0.05) is 0 Å². The first-order chi connectivity index (χ1) is 11.6. The summed E-state index contributed by atoms with van der Waals surface area (Å²) in [6, 6.07) is 7.86. The van der Waals surface area contributed by atoms with Crippen LogP contribution in [0.1, 0.15) is 30.0 Å². The van der Waals surface area contributed by atoms with Crippen LogP contribution in [0.4, 0.5) is 0 Å². The van der Waals surface area contributed by atoms with Crippen LogP contribution in [0.25, 0.3) is 10.6 Å². The Bertz CT molecular complexity index is 712. The molecule has 1 saturated heterocycles. The highest BCUT2D eigenvalue weighted by molar-refractivity contribution is 7.15. The highest BCUT2D eigenvalue weighted by Crippen LogP contribution is 2.32. The van der Waals surface area contributed by atoms with Crippen LogP contribution in [-0.2, 0) is 4.79 Å². The number of ether oxygens (including phenoxy) is 1. The lowest BCUT2D eigenvalue weighted by Crippen LogP contribution is -2.33. The number of carbonyl (C=O) groups is 1. The van der Waals surface area contributed by atoms with Gasteiger partial charge in [-0.25, -0.2) is 4.98 Å². The van der Waals surface area contributed by atoms with Crippen molar-refractivity contribution in [3.05, 3.63) is 34.8 Å². The Labute approximate surface area is 158 Å². The molecule has 5 nitrogen and oxygen atoms in total. The Balaban J connectivity index is 0.00000225. The van der Waals surface area contributed by atoms with Gasteiger partial charge in [0.15, 0.2) is 0 Å². The third-order valence-corrected chi connectivity index (χ3v) is 5.74. The number of thiazole rings is 1. The summed E-state index contributed by atoms with van der Waals surface area (Å²) in [6.45, 7) is 5.72. The molecule has 136 valence electrons. The molecule has 0 aliphatic carbocycles. The van der Waals surface area contributed by atoms with Crippen molar-refractivity contribution in [2.45, 2.75) is 26.3 Å². The van der Waals surface area contributed by atoms with Gasteiger partial charge in [0, 0.05) is 12.1 Å². The van der Waals surface area contributed by atoms with Gasteiger partial charge in [-0.15, -0.1) is 23.7 Å². The van der Waals surface area contributed by atoms with E-state index in [2.05, 4.69) is 15.6 Å². The predicted octanol–water partition coefficient (Wildman–Crippen LogP) is 3.34. The zero-order chi connectivity index (χ0) is 17.1. The number of carbonyl (C=O) groups excluding carboxylic acids is 1. The second-order valence-electron chi connectivity index (χ2n) is 6.12. The predicted molar refractivity (Wildman–Crippen MR) is 104 cm³/mol. The lowest BCUT2D eigenvalue weighted by Gasteiger charge is -2.15. The molecule has 0 saturated carbocycles. The molecular formula is C18H24ClN3O2S. The molecule has 2 atom stereocenters. The number of methoxy groups -OCH3 is 1. The summed E-state index contributed by atoms with van der Waals surface area (Å²) in [5.74, 6) is 1.05. The van der Waals surface area contributed by atoms with E-state index in [-0.39, 0.29) is 30.3 Å². The van der Waals surface area contributed by atoms with E-state index in [1.54, 1.807) is 18.4 Å². The minimum Gasteiger partial charge on any atom is -0.497 e. The quantitative estimate of drug-likeness (QED) is 0.833. The molecule has 2 heterocycles.